The number of carbonyl (C=O) groups is 2. The van der Waals surface area contributed by atoms with E-state index in [9.17, 15) is 19.7 Å². The number of hydrogen-bond donors (Lipinski definition) is 0. The molecule has 0 N–H and O–H groups in total. The molecule has 2 fully saturated rings. The Bertz CT molecular complexity index is 1520. The first-order valence-electron chi connectivity index (χ1n) is 11.4. The van der Waals surface area contributed by atoms with Gasteiger partial charge < -0.3 is 4.42 Å². The smallest absolute Gasteiger partial charge is 0.270 e. The van der Waals surface area contributed by atoms with Gasteiger partial charge in [-0.15, -0.1) is 0 Å². The lowest BCUT2D eigenvalue weighted by Gasteiger charge is -2.27. The summed E-state index contributed by atoms with van der Waals surface area (Å²) in [5.41, 5.74) is 1.44. The third-order valence-electron chi connectivity index (χ3n) is 6.49. The van der Waals surface area contributed by atoms with Crippen LogP contribution in [0.2, 0.25) is 5.02 Å². The highest BCUT2D eigenvalue weighted by Gasteiger charge is 2.61. The summed E-state index contributed by atoms with van der Waals surface area (Å²) in [6, 6.07) is 24.6. The second kappa shape index (κ2) is 8.88. The first kappa shape index (κ1) is 23.0. The van der Waals surface area contributed by atoms with Crippen LogP contribution in [0.5, 0.6) is 0 Å². The largest absolute Gasteiger partial charge is 0.459 e. The van der Waals surface area contributed by atoms with Crippen LogP contribution >= 0.6 is 11.6 Å². The van der Waals surface area contributed by atoms with Gasteiger partial charge in [-0.25, -0.2) is 9.96 Å². The number of nitro benzene ring substituents is 1. The van der Waals surface area contributed by atoms with Crippen LogP contribution in [0.15, 0.2) is 95.4 Å². The number of nitrogens with zero attached hydrogens (tertiary/aromatic N) is 3. The summed E-state index contributed by atoms with van der Waals surface area (Å²) < 4.78 is 6.16. The van der Waals surface area contributed by atoms with Gasteiger partial charge in [0.2, 0.25) is 5.91 Å². The van der Waals surface area contributed by atoms with Crippen LogP contribution in [-0.2, 0) is 14.4 Å². The molecule has 184 valence electrons. The number of benzene rings is 3. The summed E-state index contributed by atoms with van der Waals surface area (Å²) in [5.74, 6) is -0.954. The lowest BCUT2D eigenvalue weighted by atomic mass is 9.94. The topological polar surface area (TPSA) is 106 Å². The lowest BCUT2D eigenvalue weighted by Crippen LogP contribution is -2.37. The molecule has 37 heavy (non-hydrogen) atoms. The molecule has 0 bridgehead atoms. The predicted molar refractivity (Wildman–Crippen MR) is 135 cm³/mol. The summed E-state index contributed by atoms with van der Waals surface area (Å²) in [5, 5.41) is 12.8. The number of amides is 2. The summed E-state index contributed by atoms with van der Waals surface area (Å²) in [6.45, 7) is 0. The Balaban J connectivity index is 1.41. The number of carbonyl (C=O) groups excluding carboxylic acids is 2. The van der Waals surface area contributed by atoms with E-state index in [-0.39, 0.29) is 10.7 Å². The maximum atomic E-state index is 13.7. The Hall–Kier alpha value is -4.47. The van der Waals surface area contributed by atoms with Gasteiger partial charge in [0.05, 0.1) is 21.3 Å². The van der Waals surface area contributed by atoms with Crippen LogP contribution in [0.3, 0.4) is 0 Å². The van der Waals surface area contributed by atoms with Crippen molar-refractivity contribution in [3.8, 4) is 11.3 Å². The Labute approximate surface area is 215 Å². The average molecular weight is 516 g/mol. The van der Waals surface area contributed by atoms with Crippen LogP contribution in [0.1, 0.15) is 11.8 Å². The minimum Gasteiger partial charge on any atom is -0.459 e. The standard InChI is InChI=1S/C27H18ClN3O6/c28-20-15-18(31(34)35)11-12-19(20)21-13-14-22(36-21)24-23-25(37-30(24)17-9-5-2-6-10-17)27(33)29(26(23)32)16-7-3-1-4-8-16/h1-15,23-25H/t23-,24-,25-/m1/s1. The number of rotatable bonds is 5. The van der Waals surface area contributed by atoms with Crippen molar-refractivity contribution >= 4 is 40.5 Å². The zero-order chi connectivity index (χ0) is 25.7. The Kier molecular flexibility index (Phi) is 5.51. The second-order valence-electron chi connectivity index (χ2n) is 8.63. The number of hydroxylamine groups is 1. The van der Waals surface area contributed by atoms with Gasteiger partial charge in [-0.3, -0.25) is 24.5 Å². The Morgan fingerprint density at radius 2 is 1.51 bits per heavy atom. The molecule has 0 radical (unpaired) electrons. The van der Waals surface area contributed by atoms with Gasteiger partial charge >= 0.3 is 0 Å². The molecule has 9 nitrogen and oxygen atoms in total. The molecule has 0 spiro atoms. The maximum Gasteiger partial charge on any atom is 0.270 e. The zero-order valence-corrected chi connectivity index (χ0v) is 19.8. The van der Waals surface area contributed by atoms with Gasteiger partial charge in [-0.2, -0.15) is 0 Å². The van der Waals surface area contributed by atoms with E-state index in [2.05, 4.69) is 0 Å². The number of hydrogen-bond acceptors (Lipinski definition) is 7. The van der Waals surface area contributed by atoms with Crippen molar-refractivity contribution in [1.29, 1.82) is 0 Å². The van der Waals surface area contributed by atoms with Gasteiger partial charge in [0.1, 0.15) is 23.5 Å². The Morgan fingerprint density at radius 3 is 2.16 bits per heavy atom. The number of anilines is 2. The minimum absolute atomic E-state index is 0.140. The fourth-order valence-electron chi connectivity index (χ4n) is 4.81. The normalized spacial score (nSPS) is 20.9. The number of furan rings is 1. The molecule has 2 saturated heterocycles. The summed E-state index contributed by atoms with van der Waals surface area (Å²) in [6.07, 6.45) is -1.03. The predicted octanol–water partition coefficient (Wildman–Crippen LogP) is 5.56. The van der Waals surface area contributed by atoms with Crippen LogP contribution in [0.4, 0.5) is 17.1 Å². The maximum absolute atomic E-state index is 13.7. The molecule has 3 heterocycles. The van der Waals surface area contributed by atoms with E-state index >= 15 is 0 Å². The van der Waals surface area contributed by atoms with E-state index in [1.54, 1.807) is 42.5 Å². The molecule has 10 heteroatoms. The van der Waals surface area contributed by atoms with Crippen LogP contribution < -0.4 is 9.96 Å². The van der Waals surface area contributed by atoms with Gasteiger partial charge in [0.15, 0.2) is 6.10 Å². The van der Waals surface area contributed by atoms with Crippen molar-refractivity contribution in [1.82, 2.24) is 0 Å². The fraction of sp³-hybridized carbons (Fsp3) is 0.111. The molecule has 0 unspecified atom stereocenters. The molecule has 0 saturated carbocycles. The van der Waals surface area contributed by atoms with Gasteiger partial charge in [0.25, 0.3) is 11.6 Å². The second-order valence-corrected chi connectivity index (χ2v) is 9.04. The van der Waals surface area contributed by atoms with E-state index in [0.29, 0.717) is 28.5 Å². The average Bonchev–Trinajstić information content (AvgIpc) is 3.60. The first-order valence-corrected chi connectivity index (χ1v) is 11.8. The van der Waals surface area contributed by atoms with Crippen LogP contribution in [0.25, 0.3) is 11.3 Å². The number of fused-ring (bicyclic) bond motifs is 1. The monoisotopic (exact) mass is 515 g/mol. The van der Waals surface area contributed by atoms with Crippen molar-refractivity contribution in [2.75, 3.05) is 9.96 Å². The zero-order valence-electron chi connectivity index (χ0n) is 19.1. The highest BCUT2D eigenvalue weighted by atomic mass is 35.5. The van der Waals surface area contributed by atoms with E-state index in [4.69, 9.17) is 20.9 Å². The first-order chi connectivity index (χ1) is 17.9. The molecule has 3 atom stereocenters. The van der Waals surface area contributed by atoms with Crippen molar-refractivity contribution < 1.29 is 23.8 Å². The molecule has 4 aromatic rings. The molecule has 0 aliphatic carbocycles. The van der Waals surface area contributed by atoms with E-state index in [1.165, 1.54) is 23.3 Å². The molecule has 6 rings (SSSR count). The molecule has 3 aromatic carbocycles. The number of nitro groups is 1. The number of halogens is 1. The van der Waals surface area contributed by atoms with Crippen LogP contribution in [0, 0.1) is 16.0 Å². The van der Waals surface area contributed by atoms with Crippen molar-refractivity contribution in [3.63, 3.8) is 0 Å². The summed E-state index contributed by atoms with van der Waals surface area (Å²) in [4.78, 5) is 44.8. The number of non-ortho nitro benzene ring substituents is 1. The number of imide groups is 1. The van der Waals surface area contributed by atoms with E-state index < -0.39 is 34.8 Å². The number of para-hydroxylation sites is 2. The molecular weight excluding hydrogens is 498 g/mol. The molecule has 2 aliphatic heterocycles. The molecule has 1 aromatic heterocycles. The van der Waals surface area contributed by atoms with Gasteiger partial charge in [0, 0.05) is 17.7 Å². The third kappa shape index (κ3) is 3.76. The fourth-order valence-corrected chi connectivity index (χ4v) is 5.08. The summed E-state index contributed by atoms with van der Waals surface area (Å²) in [7, 11) is 0. The van der Waals surface area contributed by atoms with E-state index in [0.717, 1.165) is 4.90 Å². The highest BCUT2D eigenvalue weighted by molar-refractivity contribution is 6.33. The SMILES string of the molecule is O=C1[C@@H]2[C@@H](c3ccc(-c4ccc([N+](=O)[O-])cc4Cl)o3)N(c3ccccc3)O[C@H]2C(=O)N1c1ccccc1. The minimum atomic E-state index is -1.03. The summed E-state index contributed by atoms with van der Waals surface area (Å²) >= 11 is 6.31. The molecular formula is C27H18ClN3O6. The third-order valence-corrected chi connectivity index (χ3v) is 6.80. The highest BCUT2D eigenvalue weighted by Crippen LogP contribution is 2.48. The lowest BCUT2D eigenvalue weighted by molar-refractivity contribution is -0.384. The van der Waals surface area contributed by atoms with Crippen molar-refractivity contribution in [2.45, 2.75) is 12.1 Å². The Morgan fingerprint density at radius 1 is 0.838 bits per heavy atom. The quantitative estimate of drug-likeness (QED) is 0.194. The van der Waals surface area contributed by atoms with Crippen molar-refractivity contribution in [2.24, 2.45) is 5.92 Å². The molecule has 2 aliphatic rings. The van der Waals surface area contributed by atoms with Gasteiger partial charge in [-0.1, -0.05) is 48.0 Å². The molecule has 2 amide bonds. The van der Waals surface area contributed by atoms with Crippen molar-refractivity contribution in [3.05, 3.63) is 112 Å². The van der Waals surface area contributed by atoms with Gasteiger partial charge in [-0.05, 0) is 42.5 Å². The van der Waals surface area contributed by atoms with E-state index in [1.807, 2.05) is 30.3 Å². The van der Waals surface area contributed by atoms with Crippen LogP contribution in [-0.4, -0.2) is 22.8 Å².